The minimum Gasteiger partial charge on any atom is -0.292 e. The fourth-order valence-corrected chi connectivity index (χ4v) is 3.72. The minimum atomic E-state index is -1.17. The second kappa shape index (κ2) is 9.35. The number of imide groups is 1. The Labute approximate surface area is 206 Å². The topological polar surface area (TPSA) is 161 Å². The lowest BCUT2D eigenvalue weighted by atomic mass is 10.1. The summed E-state index contributed by atoms with van der Waals surface area (Å²) in [4.78, 5) is 73.6. The lowest BCUT2D eigenvalue weighted by Gasteiger charge is -2.29. The number of non-ortho nitro benzene ring substituents is 1. The number of carbonyl (C=O) groups is 4. The number of benzene rings is 3. The van der Waals surface area contributed by atoms with Crippen molar-refractivity contribution >= 4 is 46.5 Å². The van der Waals surface area contributed by atoms with Gasteiger partial charge in [0.1, 0.15) is 12.1 Å². The van der Waals surface area contributed by atoms with Gasteiger partial charge in [0.05, 0.1) is 15.4 Å². The molecular formula is C23H13ClN4O8. The first kappa shape index (κ1) is 24.2. The number of nitro benzene ring substituents is 2. The Balaban J connectivity index is 1.77. The van der Waals surface area contributed by atoms with Crippen LogP contribution in [0.1, 0.15) is 41.4 Å². The number of nitro groups is 2. The van der Waals surface area contributed by atoms with E-state index in [1.165, 1.54) is 36.4 Å². The molecule has 0 unspecified atom stereocenters. The number of hydrazine groups is 1. The average molecular weight is 509 g/mol. The van der Waals surface area contributed by atoms with Gasteiger partial charge in [-0.1, -0.05) is 17.7 Å². The van der Waals surface area contributed by atoms with Crippen molar-refractivity contribution in [3.8, 4) is 0 Å². The van der Waals surface area contributed by atoms with E-state index >= 15 is 0 Å². The van der Waals surface area contributed by atoms with Crippen LogP contribution < -0.4 is 0 Å². The Morgan fingerprint density at radius 1 is 0.833 bits per heavy atom. The van der Waals surface area contributed by atoms with Crippen LogP contribution in [0, 0.1) is 20.2 Å². The van der Waals surface area contributed by atoms with E-state index in [0.29, 0.717) is 15.0 Å². The molecule has 1 heterocycles. The molecule has 0 saturated heterocycles. The van der Waals surface area contributed by atoms with Crippen molar-refractivity contribution in [1.82, 2.24) is 10.0 Å². The molecule has 4 rings (SSSR count). The van der Waals surface area contributed by atoms with Gasteiger partial charge in [0.25, 0.3) is 29.1 Å². The molecule has 0 fully saturated rings. The summed E-state index contributed by atoms with van der Waals surface area (Å²) in [5, 5.41) is 23.7. The van der Waals surface area contributed by atoms with Gasteiger partial charge in [0, 0.05) is 34.3 Å². The molecule has 1 aliphatic heterocycles. The molecule has 0 spiro atoms. The predicted molar refractivity (Wildman–Crippen MR) is 124 cm³/mol. The van der Waals surface area contributed by atoms with Crippen LogP contribution in [-0.4, -0.2) is 49.9 Å². The van der Waals surface area contributed by atoms with E-state index in [-0.39, 0.29) is 22.4 Å². The molecule has 0 aromatic heterocycles. The van der Waals surface area contributed by atoms with E-state index < -0.39 is 51.1 Å². The normalized spacial score (nSPS) is 12.3. The van der Waals surface area contributed by atoms with Gasteiger partial charge in [0.15, 0.2) is 5.78 Å². The number of hydrogen-bond acceptors (Lipinski definition) is 8. The van der Waals surface area contributed by atoms with Crippen LogP contribution in [0.25, 0.3) is 0 Å². The van der Waals surface area contributed by atoms with E-state index in [0.717, 1.165) is 30.3 Å². The number of halogens is 1. The van der Waals surface area contributed by atoms with Crippen LogP contribution in [0.2, 0.25) is 5.02 Å². The van der Waals surface area contributed by atoms with Gasteiger partial charge in [-0.15, -0.1) is 0 Å². The van der Waals surface area contributed by atoms with Crippen molar-refractivity contribution in [2.75, 3.05) is 6.54 Å². The van der Waals surface area contributed by atoms with Gasteiger partial charge in [-0.3, -0.25) is 39.4 Å². The average Bonchev–Trinajstić information content (AvgIpc) is 3.12. The highest BCUT2D eigenvalue weighted by molar-refractivity contribution is 6.30. The molecule has 0 N–H and O–H groups in total. The third-order valence-electron chi connectivity index (χ3n) is 5.33. The molecule has 12 nitrogen and oxygen atoms in total. The van der Waals surface area contributed by atoms with Gasteiger partial charge >= 0.3 is 0 Å². The zero-order valence-electron chi connectivity index (χ0n) is 18.0. The number of ketones is 1. The van der Waals surface area contributed by atoms with Crippen LogP contribution in [-0.2, 0) is 0 Å². The molecule has 0 saturated carbocycles. The van der Waals surface area contributed by atoms with Gasteiger partial charge in [-0.25, -0.2) is 5.01 Å². The second-order valence-electron chi connectivity index (χ2n) is 7.48. The molecule has 3 aromatic carbocycles. The maximum Gasteiger partial charge on any atom is 0.287 e. The summed E-state index contributed by atoms with van der Waals surface area (Å²) < 4.78 is 0. The standard InChI is InChI=1S/C23H13ClN4O8/c24-15-8-4-13(5-9-15)19(29)12-25(21(30)14-6-10-16(11-7-14)27(33)34)26-22(31)17-2-1-3-18(28(35)36)20(17)23(26)32/h1-11H,12H2. The van der Waals surface area contributed by atoms with Crippen molar-refractivity contribution in [3.05, 3.63) is 114 Å². The maximum atomic E-state index is 13.4. The number of fused-ring (bicyclic) bond motifs is 1. The Morgan fingerprint density at radius 3 is 2.03 bits per heavy atom. The molecule has 1 aliphatic rings. The number of Topliss-reactive ketones (excluding diaryl/α,β-unsaturated/α-hetero) is 1. The molecule has 3 aromatic rings. The molecule has 0 bridgehead atoms. The SMILES string of the molecule is O=C(CN(C(=O)c1ccc([N+](=O)[O-])cc1)N1C(=O)c2cccc([N+](=O)[O-])c2C1=O)c1ccc(Cl)cc1. The number of hydrogen-bond donors (Lipinski definition) is 0. The highest BCUT2D eigenvalue weighted by Gasteiger charge is 2.46. The van der Waals surface area contributed by atoms with E-state index in [1.807, 2.05) is 0 Å². The maximum absolute atomic E-state index is 13.4. The first-order chi connectivity index (χ1) is 17.1. The van der Waals surface area contributed by atoms with Gasteiger partial charge in [-0.2, -0.15) is 5.01 Å². The van der Waals surface area contributed by atoms with Crippen LogP contribution >= 0.6 is 11.6 Å². The minimum absolute atomic E-state index is 0.114. The number of amides is 3. The van der Waals surface area contributed by atoms with E-state index in [1.54, 1.807) is 0 Å². The Bertz CT molecular complexity index is 1450. The summed E-state index contributed by atoms with van der Waals surface area (Å²) >= 11 is 5.84. The third kappa shape index (κ3) is 4.28. The predicted octanol–water partition coefficient (Wildman–Crippen LogP) is 3.69. The Hall–Kier alpha value is -4.97. The lowest BCUT2D eigenvalue weighted by Crippen LogP contribution is -2.51. The number of carbonyl (C=O) groups excluding carboxylic acids is 4. The summed E-state index contributed by atoms with van der Waals surface area (Å²) in [5.74, 6) is -3.89. The van der Waals surface area contributed by atoms with Crippen LogP contribution in [0.4, 0.5) is 11.4 Å². The summed E-state index contributed by atoms with van der Waals surface area (Å²) in [6.07, 6.45) is 0. The molecule has 36 heavy (non-hydrogen) atoms. The molecule has 3 amide bonds. The lowest BCUT2D eigenvalue weighted by molar-refractivity contribution is -0.385. The zero-order chi connectivity index (χ0) is 26.1. The molecule has 0 atom stereocenters. The van der Waals surface area contributed by atoms with Gasteiger partial charge < -0.3 is 0 Å². The number of nitrogens with zero attached hydrogens (tertiary/aromatic N) is 4. The fourth-order valence-electron chi connectivity index (χ4n) is 3.60. The summed E-state index contributed by atoms with van der Waals surface area (Å²) in [6.45, 7) is -0.795. The highest BCUT2D eigenvalue weighted by Crippen LogP contribution is 2.32. The van der Waals surface area contributed by atoms with Crippen LogP contribution in [0.15, 0.2) is 66.7 Å². The molecule has 13 heteroatoms. The number of rotatable bonds is 7. The smallest absolute Gasteiger partial charge is 0.287 e. The van der Waals surface area contributed by atoms with Crippen molar-refractivity contribution in [2.45, 2.75) is 0 Å². The summed E-state index contributed by atoms with van der Waals surface area (Å²) in [6, 6.07) is 13.4. The fraction of sp³-hybridized carbons (Fsp3) is 0.0435. The molecule has 180 valence electrons. The monoisotopic (exact) mass is 508 g/mol. The Morgan fingerprint density at radius 2 is 1.44 bits per heavy atom. The molecule has 0 radical (unpaired) electrons. The quantitative estimate of drug-likeness (QED) is 0.202. The first-order valence-corrected chi connectivity index (χ1v) is 10.5. The van der Waals surface area contributed by atoms with E-state index in [4.69, 9.17) is 11.6 Å². The van der Waals surface area contributed by atoms with E-state index in [9.17, 15) is 39.4 Å². The summed E-state index contributed by atoms with van der Waals surface area (Å²) in [7, 11) is 0. The van der Waals surface area contributed by atoms with Crippen molar-refractivity contribution in [1.29, 1.82) is 0 Å². The van der Waals surface area contributed by atoms with Gasteiger partial charge in [-0.05, 0) is 42.5 Å². The van der Waals surface area contributed by atoms with E-state index in [2.05, 4.69) is 0 Å². The molecule has 0 aliphatic carbocycles. The van der Waals surface area contributed by atoms with Gasteiger partial charge in [0.2, 0.25) is 0 Å². The third-order valence-corrected chi connectivity index (χ3v) is 5.58. The largest absolute Gasteiger partial charge is 0.292 e. The van der Waals surface area contributed by atoms with Crippen LogP contribution in [0.5, 0.6) is 0 Å². The highest BCUT2D eigenvalue weighted by atomic mass is 35.5. The molecular weight excluding hydrogens is 496 g/mol. The van der Waals surface area contributed by atoms with Crippen molar-refractivity contribution in [3.63, 3.8) is 0 Å². The van der Waals surface area contributed by atoms with Crippen molar-refractivity contribution in [2.24, 2.45) is 0 Å². The van der Waals surface area contributed by atoms with Crippen molar-refractivity contribution < 1.29 is 29.0 Å². The Kier molecular flexibility index (Phi) is 6.27. The second-order valence-corrected chi connectivity index (χ2v) is 7.91. The summed E-state index contributed by atoms with van der Waals surface area (Å²) in [5.41, 5.74) is -1.84. The van der Waals surface area contributed by atoms with Crippen LogP contribution in [0.3, 0.4) is 0 Å². The zero-order valence-corrected chi connectivity index (χ0v) is 18.7. The first-order valence-electron chi connectivity index (χ1n) is 10.1.